The highest BCUT2D eigenvalue weighted by Gasteiger charge is 2.31. The van der Waals surface area contributed by atoms with E-state index in [0.717, 1.165) is 56.1 Å². The number of nitrogens with zero attached hydrogens (tertiary/aromatic N) is 3. The Balaban J connectivity index is 1.27. The second-order valence-corrected chi connectivity index (χ2v) is 9.21. The van der Waals surface area contributed by atoms with Crippen molar-refractivity contribution < 1.29 is 14.6 Å². The van der Waals surface area contributed by atoms with Gasteiger partial charge in [0.1, 0.15) is 24.7 Å². The van der Waals surface area contributed by atoms with E-state index in [-0.39, 0.29) is 0 Å². The summed E-state index contributed by atoms with van der Waals surface area (Å²) in [6.07, 6.45) is 7.93. The van der Waals surface area contributed by atoms with Gasteiger partial charge < -0.3 is 19.1 Å². The predicted octanol–water partition coefficient (Wildman–Crippen LogP) is 4.37. The molecule has 4 rings (SSSR count). The minimum absolute atomic E-state index is 0.338. The molecule has 1 N–H and O–H groups in total. The van der Waals surface area contributed by atoms with Crippen LogP contribution in [-0.4, -0.2) is 51.5 Å². The first kappa shape index (κ1) is 23.3. The number of hydrogen-bond donors (Lipinski definition) is 1. The van der Waals surface area contributed by atoms with Crippen molar-refractivity contribution in [1.29, 1.82) is 0 Å². The number of imidazole rings is 1. The Morgan fingerprint density at radius 2 is 1.97 bits per heavy atom. The number of likely N-dealkylation sites (tertiary alicyclic amines) is 1. The SMILES string of the molecule is Cc1ccc(OC[C@]2(O)CCCN(Cc3cccc(OCCn4ccnc4)c3)CC2)c(C)c1. The van der Waals surface area contributed by atoms with Gasteiger partial charge in [-0.1, -0.05) is 29.8 Å². The van der Waals surface area contributed by atoms with E-state index >= 15 is 0 Å². The molecule has 6 nitrogen and oxygen atoms in total. The fourth-order valence-corrected chi connectivity index (χ4v) is 4.39. The van der Waals surface area contributed by atoms with Gasteiger partial charge in [0.2, 0.25) is 0 Å². The lowest BCUT2D eigenvalue weighted by Crippen LogP contribution is -2.37. The fourth-order valence-electron chi connectivity index (χ4n) is 4.39. The number of ether oxygens (including phenoxy) is 2. The van der Waals surface area contributed by atoms with Crippen LogP contribution >= 0.6 is 0 Å². The Morgan fingerprint density at radius 1 is 1.06 bits per heavy atom. The van der Waals surface area contributed by atoms with E-state index in [9.17, 15) is 5.11 Å². The molecule has 0 bridgehead atoms. The molecule has 176 valence electrons. The van der Waals surface area contributed by atoms with Crippen molar-refractivity contribution in [1.82, 2.24) is 14.5 Å². The van der Waals surface area contributed by atoms with Crippen molar-refractivity contribution in [2.45, 2.75) is 51.8 Å². The molecular formula is C27H35N3O3. The molecule has 3 aromatic rings. The van der Waals surface area contributed by atoms with Crippen LogP contribution in [0.25, 0.3) is 0 Å². The maximum absolute atomic E-state index is 11.2. The van der Waals surface area contributed by atoms with Gasteiger partial charge in [-0.25, -0.2) is 4.98 Å². The highest BCUT2D eigenvalue weighted by Crippen LogP contribution is 2.27. The number of aryl methyl sites for hydroxylation is 2. The maximum atomic E-state index is 11.2. The predicted molar refractivity (Wildman–Crippen MR) is 130 cm³/mol. The van der Waals surface area contributed by atoms with Crippen LogP contribution in [0, 0.1) is 13.8 Å². The number of aromatic nitrogens is 2. The molecule has 1 atom stereocenters. The van der Waals surface area contributed by atoms with E-state index < -0.39 is 5.60 Å². The molecule has 33 heavy (non-hydrogen) atoms. The third-order valence-electron chi connectivity index (χ3n) is 6.32. The van der Waals surface area contributed by atoms with Crippen molar-refractivity contribution in [2.24, 2.45) is 0 Å². The summed E-state index contributed by atoms with van der Waals surface area (Å²) in [4.78, 5) is 6.47. The van der Waals surface area contributed by atoms with E-state index in [1.54, 1.807) is 12.5 Å². The summed E-state index contributed by atoms with van der Waals surface area (Å²) in [5, 5.41) is 11.2. The second kappa shape index (κ2) is 10.9. The molecule has 6 heteroatoms. The molecular weight excluding hydrogens is 414 g/mol. The van der Waals surface area contributed by atoms with Crippen LogP contribution in [0.4, 0.5) is 0 Å². The van der Waals surface area contributed by atoms with Gasteiger partial charge in [0.05, 0.1) is 18.5 Å². The molecule has 0 amide bonds. The minimum atomic E-state index is -0.787. The zero-order valence-corrected chi connectivity index (χ0v) is 19.7. The van der Waals surface area contributed by atoms with Gasteiger partial charge in [-0.3, -0.25) is 4.90 Å². The highest BCUT2D eigenvalue weighted by atomic mass is 16.5. The monoisotopic (exact) mass is 449 g/mol. The normalized spacial score (nSPS) is 19.2. The van der Waals surface area contributed by atoms with Gasteiger partial charge in [-0.15, -0.1) is 0 Å². The van der Waals surface area contributed by atoms with Crippen LogP contribution < -0.4 is 9.47 Å². The first-order chi connectivity index (χ1) is 16.0. The molecule has 1 aromatic heterocycles. The van der Waals surface area contributed by atoms with Crippen molar-refractivity contribution in [3.8, 4) is 11.5 Å². The molecule has 0 spiro atoms. The van der Waals surface area contributed by atoms with E-state index in [4.69, 9.17) is 9.47 Å². The molecule has 2 heterocycles. The lowest BCUT2D eigenvalue weighted by Gasteiger charge is -2.27. The smallest absolute Gasteiger partial charge is 0.122 e. The lowest BCUT2D eigenvalue weighted by atomic mass is 9.96. The molecule has 0 saturated carbocycles. The maximum Gasteiger partial charge on any atom is 0.122 e. The third kappa shape index (κ3) is 6.83. The fraction of sp³-hybridized carbons (Fsp3) is 0.444. The summed E-state index contributed by atoms with van der Waals surface area (Å²) >= 11 is 0. The van der Waals surface area contributed by atoms with Crippen LogP contribution in [0.2, 0.25) is 0 Å². The molecule has 1 saturated heterocycles. The first-order valence-corrected chi connectivity index (χ1v) is 11.8. The van der Waals surface area contributed by atoms with E-state index in [2.05, 4.69) is 48.0 Å². The summed E-state index contributed by atoms with van der Waals surface area (Å²) in [7, 11) is 0. The Labute approximate surface area is 196 Å². The van der Waals surface area contributed by atoms with E-state index in [0.29, 0.717) is 19.6 Å². The summed E-state index contributed by atoms with van der Waals surface area (Å²) in [5.74, 6) is 1.75. The minimum Gasteiger partial charge on any atom is -0.492 e. The van der Waals surface area contributed by atoms with Crippen LogP contribution in [0.3, 0.4) is 0 Å². The molecule has 1 aliphatic heterocycles. The second-order valence-electron chi connectivity index (χ2n) is 9.21. The van der Waals surface area contributed by atoms with Crippen molar-refractivity contribution in [2.75, 3.05) is 26.3 Å². The zero-order chi connectivity index (χ0) is 23.1. The Morgan fingerprint density at radius 3 is 2.79 bits per heavy atom. The first-order valence-electron chi connectivity index (χ1n) is 11.8. The Kier molecular flexibility index (Phi) is 7.68. The Bertz CT molecular complexity index is 1020. The Hall–Kier alpha value is -2.83. The van der Waals surface area contributed by atoms with Crippen LogP contribution in [0.15, 0.2) is 61.2 Å². The summed E-state index contributed by atoms with van der Waals surface area (Å²) < 4.78 is 14.0. The van der Waals surface area contributed by atoms with E-state index in [1.165, 1.54) is 11.1 Å². The van der Waals surface area contributed by atoms with Crippen LogP contribution in [0.5, 0.6) is 11.5 Å². The quantitative estimate of drug-likeness (QED) is 0.526. The van der Waals surface area contributed by atoms with Gasteiger partial charge >= 0.3 is 0 Å². The van der Waals surface area contributed by atoms with Gasteiger partial charge in [0.25, 0.3) is 0 Å². The number of rotatable bonds is 9. The molecule has 0 unspecified atom stereocenters. The van der Waals surface area contributed by atoms with Crippen molar-refractivity contribution in [3.05, 3.63) is 77.9 Å². The van der Waals surface area contributed by atoms with Crippen molar-refractivity contribution >= 4 is 0 Å². The summed E-state index contributed by atoms with van der Waals surface area (Å²) in [5.41, 5.74) is 2.77. The molecule has 0 aliphatic carbocycles. The highest BCUT2D eigenvalue weighted by molar-refractivity contribution is 5.35. The van der Waals surface area contributed by atoms with Gasteiger partial charge in [0.15, 0.2) is 0 Å². The number of aliphatic hydroxyl groups is 1. The zero-order valence-electron chi connectivity index (χ0n) is 19.7. The largest absolute Gasteiger partial charge is 0.492 e. The van der Waals surface area contributed by atoms with Crippen LogP contribution in [0.1, 0.15) is 36.0 Å². The molecule has 2 aromatic carbocycles. The van der Waals surface area contributed by atoms with E-state index in [1.807, 2.05) is 29.0 Å². The molecule has 1 aliphatic rings. The number of hydrogen-bond acceptors (Lipinski definition) is 5. The molecule has 0 radical (unpaired) electrons. The topological polar surface area (TPSA) is 59.8 Å². The summed E-state index contributed by atoms with van der Waals surface area (Å²) in [6, 6.07) is 14.5. The molecule has 1 fully saturated rings. The van der Waals surface area contributed by atoms with Gasteiger partial charge in [0, 0.05) is 25.5 Å². The average Bonchev–Trinajstić information content (AvgIpc) is 3.24. The summed E-state index contributed by atoms with van der Waals surface area (Å²) in [6.45, 7) is 8.52. The average molecular weight is 450 g/mol. The standard InChI is InChI=1S/C27H35N3O3/c1-22-7-8-26(23(2)17-22)33-20-27(31)9-4-12-29(13-10-27)19-24-5-3-6-25(18-24)32-16-15-30-14-11-28-21-30/h3,5-8,11,14,17-18,21,31H,4,9-10,12-13,15-16,19-20H2,1-2H3/t27-/m0/s1. The lowest BCUT2D eigenvalue weighted by molar-refractivity contribution is -0.0170. The van der Waals surface area contributed by atoms with Gasteiger partial charge in [-0.2, -0.15) is 0 Å². The number of benzene rings is 2. The van der Waals surface area contributed by atoms with Crippen LogP contribution in [-0.2, 0) is 13.1 Å². The van der Waals surface area contributed by atoms with Gasteiger partial charge in [-0.05, 0) is 69.0 Å². The van der Waals surface area contributed by atoms with Crippen molar-refractivity contribution in [3.63, 3.8) is 0 Å². The third-order valence-corrected chi connectivity index (χ3v) is 6.32.